The van der Waals surface area contributed by atoms with Crippen LogP contribution in [0.4, 0.5) is 10.8 Å². The van der Waals surface area contributed by atoms with Crippen molar-refractivity contribution in [1.82, 2.24) is 4.98 Å². The molecule has 2 N–H and O–H groups in total. The van der Waals surface area contributed by atoms with Gasteiger partial charge in [0.05, 0.1) is 16.9 Å². The van der Waals surface area contributed by atoms with Crippen LogP contribution in [0.1, 0.15) is 16.1 Å². The average Bonchev–Trinajstić information content (AvgIpc) is 2.83. The van der Waals surface area contributed by atoms with Crippen LogP contribution in [0.15, 0.2) is 23.6 Å². The van der Waals surface area contributed by atoms with Crippen LogP contribution in [-0.2, 0) is 4.79 Å². The van der Waals surface area contributed by atoms with Gasteiger partial charge in [-0.15, -0.1) is 11.3 Å². The summed E-state index contributed by atoms with van der Waals surface area (Å²) in [4.78, 5) is 27.8. The number of carbonyl (C=O) groups excluding carboxylic acids is 2. The van der Waals surface area contributed by atoms with Crippen LogP contribution in [0.5, 0.6) is 5.75 Å². The predicted molar refractivity (Wildman–Crippen MR) is 75.4 cm³/mol. The number of amides is 2. The van der Waals surface area contributed by atoms with Crippen molar-refractivity contribution in [2.75, 3.05) is 17.2 Å². The van der Waals surface area contributed by atoms with Crippen LogP contribution < -0.4 is 15.4 Å². The van der Waals surface area contributed by atoms with Crippen molar-refractivity contribution in [3.8, 4) is 5.75 Å². The Bertz CT molecular complexity index is 696. The van der Waals surface area contributed by atoms with E-state index in [1.807, 2.05) is 12.3 Å². The van der Waals surface area contributed by atoms with Crippen LogP contribution in [0.25, 0.3) is 0 Å². The number of ether oxygens (including phenoxy) is 1. The fourth-order valence-corrected chi connectivity index (χ4v) is 2.55. The molecule has 2 heterocycles. The number of nitrogens with zero attached hydrogens (tertiary/aromatic N) is 1. The van der Waals surface area contributed by atoms with E-state index in [0.717, 1.165) is 5.69 Å². The van der Waals surface area contributed by atoms with Crippen molar-refractivity contribution < 1.29 is 14.3 Å². The Kier molecular flexibility index (Phi) is 3.11. The van der Waals surface area contributed by atoms with Gasteiger partial charge >= 0.3 is 0 Å². The Hall–Kier alpha value is -2.41. The maximum absolute atomic E-state index is 12.3. The summed E-state index contributed by atoms with van der Waals surface area (Å²) in [5, 5.41) is 7.73. The van der Waals surface area contributed by atoms with Gasteiger partial charge in [-0.25, -0.2) is 4.98 Å². The molecule has 0 atom stereocenters. The molecular weight excluding hydrogens is 278 g/mol. The third-order valence-electron chi connectivity index (χ3n) is 2.73. The molecule has 1 aromatic heterocycles. The number of para-hydroxylation sites is 1. The summed E-state index contributed by atoms with van der Waals surface area (Å²) >= 11 is 1.35. The van der Waals surface area contributed by atoms with Crippen molar-refractivity contribution in [2.24, 2.45) is 0 Å². The molecule has 20 heavy (non-hydrogen) atoms. The number of rotatable bonds is 2. The van der Waals surface area contributed by atoms with Crippen LogP contribution in [-0.4, -0.2) is 23.4 Å². The van der Waals surface area contributed by atoms with Crippen molar-refractivity contribution in [3.05, 3.63) is 34.8 Å². The number of benzene rings is 1. The van der Waals surface area contributed by atoms with E-state index in [1.165, 1.54) is 11.3 Å². The number of nitrogens with one attached hydrogen (secondary N) is 2. The zero-order valence-electron chi connectivity index (χ0n) is 10.6. The highest BCUT2D eigenvalue weighted by atomic mass is 32.1. The maximum Gasteiger partial charge on any atom is 0.262 e. The van der Waals surface area contributed by atoms with Gasteiger partial charge in [0.15, 0.2) is 11.7 Å². The third-order valence-corrected chi connectivity index (χ3v) is 3.61. The second-order valence-corrected chi connectivity index (χ2v) is 5.12. The molecule has 0 bridgehead atoms. The molecule has 2 amide bonds. The minimum atomic E-state index is -0.331. The zero-order valence-corrected chi connectivity index (χ0v) is 11.4. The molecule has 0 radical (unpaired) electrons. The molecule has 1 aliphatic rings. The van der Waals surface area contributed by atoms with Gasteiger partial charge in [-0.3, -0.25) is 14.9 Å². The summed E-state index contributed by atoms with van der Waals surface area (Å²) in [6.07, 6.45) is 0. The SMILES string of the molecule is Cc1csc(NC(=O)c2cccc3c2NC(=O)CO3)n1. The molecule has 0 saturated carbocycles. The van der Waals surface area contributed by atoms with Gasteiger partial charge in [0.1, 0.15) is 5.75 Å². The molecule has 0 fully saturated rings. The number of aromatic nitrogens is 1. The Labute approximate surface area is 118 Å². The summed E-state index contributed by atoms with van der Waals surface area (Å²) in [5.74, 6) is -0.114. The number of anilines is 2. The summed E-state index contributed by atoms with van der Waals surface area (Å²) in [7, 11) is 0. The molecular formula is C13H11N3O3S. The first-order chi connectivity index (χ1) is 9.63. The molecule has 0 unspecified atom stereocenters. The summed E-state index contributed by atoms with van der Waals surface area (Å²) in [6.45, 7) is 1.81. The number of hydrogen-bond acceptors (Lipinski definition) is 5. The standard InChI is InChI=1S/C13H11N3O3S/c1-7-6-20-13(14-7)16-12(18)8-3-2-4-9-11(8)15-10(17)5-19-9/h2-4,6H,5H2,1H3,(H,15,17)(H,14,16,18). The van der Waals surface area contributed by atoms with E-state index in [4.69, 9.17) is 4.74 Å². The molecule has 102 valence electrons. The summed E-state index contributed by atoms with van der Waals surface area (Å²) in [5.41, 5.74) is 1.59. The van der Waals surface area contributed by atoms with Crippen LogP contribution >= 0.6 is 11.3 Å². The normalized spacial score (nSPS) is 13.2. The molecule has 6 nitrogen and oxygen atoms in total. The van der Waals surface area contributed by atoms with E-state index in [0.29, 0.717) is 22.1 Å². The van der Waals surface area contributed by atoms with Crippen molar-refractivity contribution >= 4 is 34.0 Å². The molecule has 3 rings (SSSR count). The van der Waals surface area contributed by atoms with Gasteiger partial charge in [0.2, 0.25) is 0 Å². The van der Waals surface area contributed by atoms with E-state index >= 15 is 0 Å². The van der Waals surface area contributed by atoms with E-state index in [1.54, 1.807) is 18.2 Å². The zero-order chi connectivity index (χ0) is 14.1. The van der Waals surface area contributed by atoms with Crippen molar-refractivity contribution in [3.63, 3.8) is 0 Å². The van der Waals surface area contributed by atoms with Crippen molar-refractivity contribution in [1.29, 1.82) is 0 Å². The minimum absolute atomic E-state index is 0.0379. The fraction of sp³-hybridized carbons (Fsp3) is 0.154. The summed E-state index contributed by atoms with van der Waals surface area (Å²) < 4.78 is 5.28. The van der Waals surface area contributed by atoms with Gasteiger partial charge in [-0.2, -0.15) is 0 Å². The highest BCUT2D eigenvalue weighted by Gasteiger charge is 2.22. The summed E-state index contributed by atoms with van der Waals surface area (Å²) in [6, 6.07) is 5.04. The minimum Gasteiger partial charge on any atom is -0.482 e. The fourth-order valence-electron chi connectivity index (χ4n) is 1.86. The number of thiazole rings is 1. The lowest BCUT2D eigenvalue weighted by Gasteiger charge is -2.20. The van der Waals surface area contributed by atoms with Crippen molar-refractivity contribution in [2.45, 2.75) is 6.92 Å². The molecule has 1 aromatic carbocycles. The first-order valence-corrected chi connectivity index (χ1v) is 6.80. The van der Waals surface area contributed by atoms with Crippen LogP contribution in [0.2, 0.25) is 0 Å². The molecule has 0 aliphatic carbocycles. The lowest BCUT2D eigenvalue weighted by Crippen LogP contribution is -2.27. The quantitative estimate of drug-likeness (QED) is 0.886. The topological polar surface area (TPSA) is 80.3 Å². The monoisotopic (exact) mass is 289 g/mol. The van der Waals surface area contributed by atoms with Gasteiger partial charge in [0, 0.05) is 5.38 Å². The first-order valence-electron chi connectivity index (χ1n) is 5.92. The van der Waals surface area contributed by atoms with Crippen LogP contribution in [0, 0.1) is 6.92 Å². The lowest BCUT2D eigenvalue weighted by molar-refractivity contribution is -0.118. The number of hydrogen-bond donors (Lipinski definition) is 2. The number of fused-ring (bicyclic) bond motifs is 1. The van der Waals surface area contributed by atoms with Crippen LogP contribution in [0.3, 0.4) is 0 Å². The number of aryl methyl sites for hydroxylation is 1. The average molecular weight is 289 g/mol. The Morgan fingerprint density at radius 3 is 3.10 bits per heavy atom. The molecule has 1 aliphatic heterocycles. The second kappa shape index (κ2) is 4.93. The third kappa shape index (κ3) is 2.35. The molecule has 7 heteroatoms. The molecule has 0 spiro atoms. The van der Waals surface area contributed by atoms with Gasteiger partial charge in [0.25, 0.3) is 11.8 Å². The first kappa shape index (κ1) is 12.6. The Morgan fingerprint density at radius 1 is 1.50 bits per heavy atom. The lowest BCUT2D eigenvalue weighted by atomic mass is 10.1. The second-order valence-electron chi connectivity index (χ2n) is 4.26. The van der Waals surface area contributed by atoms with E-state index in [9.17, 15) is 9.59 Å². The van der Waals surface area contributed by atoms with Gasteiger partial charge < -0.3 is 10.1 Å². The maximum atomic E-state index is 12.3. The molecule has 2 aromatic rings. The van der Waals surface area contributed by atoms with E-state index in [2.05, 4.69) is 15.6 Å². The highest BCUT2D eigenvalue weighted by molar-refractivity contribution is 7.13. The van der Waals surface area contributed by atoms with E-state index in [-0.39, 0.29) is 18.4 Å². The molecule has 0 saturated heterocycles. The smallest absolute Gasteiger partial charge is 0.262 e. The van der Waals surface area contributed by atoms with Gasteiger partial charge in [-0.1, -0.05) is 6.07 Å². The predicted octanol–water partition coefficient (Wildman–Crippen LogP) is 2.03. The Morgan fingerprint density at radius 2 is 2.35 bits per heavy atom. The number of carbonyl (C=O) groups is 2. The van der Waals surface area contributed by atoms with Gasteiger partial charge in [-0.05, 0) is 19.1 Å². The largest absolute Gasteiger partial charge is 0.482 e. The highest BCUT2D eigenvalue weighted by Crippen LogP contribution is 2.31. The Balaban J connectivity index is 1.90. The van der Waals surface area contributed by atoms with E-state index < -0.39 is 0 Å².